The van der Waals surface area contributed by atoms with E-state index in [-0.39, 0.29) is 31.2 Å². The third kappa shape index (κ3) is 5.80. The second-order valence-corrected chi connectivity index (χ2v) is 11.8. The number of nitrogens with zero attached hydrogens (tertiary/aromatic N) is 3. The van der Waals surface area contributed by atoms with Gasteiger partial charge >= 0.3 is 6.18 Å². The summed E-state index contributed by atoms with van der Waals surface area (Å²) in [4.78, 5) is 43.0. The average molecular weight is 584 g/mol. The molecule has 2 N–H and O–H groups in total. The van der Waals surface area contributed by atoms with Gasteiger partial charge in [0.15, 0.2) is 0 Å². The summed E-state index contributed by atoms with van der Waals surface area (Å²) in [6.45, 7) is 6.99. The van der Waals surface area contributed by atoms with Gasteiger partial charge in [-0.05, 0) is 48.9 Å². The van der Waals surface area contributed by atoms with E-state index in [0.717, 1.165) is 4.90 Å². The Morgan fingerprint density at radius 1 is 1.17 bits per heavy atom. The first-order valence-electron chi connectivity index (χ1n) is 14.0. The first kappa shape index (κ1) is 30.9. The molecule has 4 atom stereocenters. The van der Waals surface area contributed by atoms with Gasteiger partial charge in [-0.1, -0.05) is 50.2 Å². The maximum atomic E-state index is 14.2. The zero-order chi connectivity index (χ0) is 31.0. The fourth-order valence-corrected chi connectivity index (χ4v) is 6.01. The Balaban J connectivity index is 1.59. The number of alkyl halides is 3. The summed E-state index contributed by atoms with van der Waals surface area (Å²) < 4.78 is 42.5. The number of nitrogens with one attached hydrogen (secondary N) is 2. The van der Waals surface area contributed by atoms with Crippen molar-refractivity contribution >= 4 is 29.1 Å². The van der Waals surface area contributed by atoms with Crippen LogP contribution in [0, 0.1) is 31.1 Å². The second-order valence-electron chi connectivity index (χ2n) is 11.8. The lowest BCUT2D eigenvalue weighted by atomic mass is 9.80. The minimum Gasteiger partial charge on any atom is -0.373 e. The molecule has 2 unspecified atom stereocenters. The molecule has 0 aliphatic carbocycles. The highest BCUT2D eigenvalue weighted by atomic mass is 19.4. The SMILES string of the molecule is Cc1cccc(C)c1NC(CC(=O)N(C)[C@@H](CC(C)C)C(=O)N1C[C@]2(CC1C#N)C(=O)Nc1ccccc12)C(F)(F)F. The van der Waals surface area contributed by atoms with Crippen molar-refractivity contribution in [1.82, 2.24) is 9.80 Å². The van der Waals surface area contributed by atoms with Crippen LogP contribution in [0.5, 0.6) is 0 Å². The molecule has 1 spiro atoms. The number of nitriles is 1. The van der Waals surface area contributed by atoms with Gasteiger partial charge in [0.1, 0.15) is 18.1 Å². The number of halogens is 3. The molecule has 42 heavy (non-hydrogen) atoms. The number of likely N-dealkylation sites (tertiary alicyclic amines) is 1. The van der Waals surface area contributed by atoms with Crippen LogP contribution in [-0.2, 0) is 19.8 Å². The number of likely N-dealkylation sites (N-methyl/N-ethyl adjacent to an activating group) is 1. The highest BCUT2D eigenvalue weighted by Gasteiger charge is 2.56. The largest absolute Gasteiger partial charge is 0.409 e. The van der Waals surface area contributed by atoms with E-state index >= 15 is 0 Å². The summed E-state index contributed by atoms with van der Waals surface area (Å²) >= 11 is 0. The van der Waals surface area contributed by atoms with E-state index in [4.69, 9.17) is 0 Å². The van der Waals surface area contributed by atoms with Gasteiger partial charge in [0.25, 0.3) is 0 Å². The smallest absolute Gasteiger partial charge is 0.373 e. The van der Waals surface area contributed by atoms with Crippen LogP contribution in [0.15, 0.2) is 42.5 Å². The third-order valence-electron chi connectivity index (χ3n) is 8.33. The molecular formula is C31H36F3N5O3. The second kappa shape index (κ2) is 11.7. The molecule has 11 heteroatoms. The van der Waals surface area contributed by atoms with E-state index < -0.39 is 48.0 Å². The standard InChI is InChI=1S/C31H36F3N5O3/c1-18(2)13-24(38(5)26(40)14-25(31(32,33)34)37-27-19(3)9-8-10-20(27)4)28(41)39-17-30(15-21(39)16-35)22-11-6-7-12-23(22)36-29(30)42/h6-12,18,21,24-25,37H,13-15,17H2,1-5H3,(H,36,42)/t21?,24-,25?,30-/m0/s1. The zero-order valence-electron chi connectivity index (χ0n) is 24.4. The highest BCUT2D eigenvalue weighted by molar-refractivity contribution is 6.07. The molecule has 8 nitrogen and oxygen atoms in total. The van der Waals surface area contributed by atoms with Crippen LogP contribution in [0.4, 0.5) is 24.5 Å². The molecule has 2 heterocycles. The molecule has 224 valence electrons. The molecule has 4 rings (SSSR count). The first-order valence-corrected chi connectivity index (χ1v) is 14.0. The number of carbonyl (C=O) groups excluding carboxylic acids is 3. The number of amides is 3. The fourth-order valence-electron chi connectivity index (χ4n) is 6.01. The number of benzene rings is 2. The Kier molecular flexibility index (Phi) is 8.58. The number of hydrogen-bond acceptors (Lipinski definition) is 5. The van der Waals surface area contributed by atoms with Gasteiger partial charge in [0, 0.05) is 31.4 Å². The van der Waals surface area contributed by atoms with Crippen LogP contribution in [0.25, 0.3) is 0 Å². The molecule has 2 aliphatic rings. The van der Waals surface area contributed by atoms with Crippen LogP contribution >= 0.6 is 0 Å². The Hall–Kier alpha value is -4.07. The number of carbonyl (C=O) groups is 3. The Bertz CT molecular complexity index is 1400. The highest BCUT2D eigenvalue weighted by Crippen LogP contribution is 2.46. The molecule has 2 aromatic carbocycles. The van der Waals surface area contributed by atoms with Crippen LogP contribution in [0.3, 0.4) is 0 Å². The van der Waals surface area contributed by atoms with Crippen molar-refractivity contribution in [2.24, 2.45) is 5.92 Å². The van der Waals surface area contributed by atoms with Crippen LogP contribution in [-0.4, -0.2) is 65.4 Å². The van der Waals surface area contributed by atoms with Gasteiger partial charge in [-0.15, -0.1) is 0 Å². The molecule has 0 aromatic heterocycles. The quantitative estimate of drug-likeness (QED) is 0.459. The van der Waals surface area contributed by atoms with E-state index in [2.05, 4.69) is 16.7 Å². The summed E-state index contributed by atoms with van der Waals surface area (Å²) in [5, 5.41) is 15.3. The van der Waals surface area contributed by atoms with Gasteiger partial charge < -0.3 is 20.4 Å². The van der Waals surface area contributed by atoms with Crippen molar-refractivity contribution in [3.63, 3.8) is 0 Å². The predicted molar refractivity (Wildman–Crippen MR) is 152 cm³/mol. The third-order valence-corrected chi connectivity index (χ3v) is 8.33. The van der Waals surface area contributed by atoms with Gasteiger partial charge in [0.05, 0.1) is 17.9 Å². The van der Waals surface area contributed by atoms with E-state index in [1.807, 2.05) is 13.8 Å². The van der Waals surface area contributed by atoms with E-state index in [9.17, 15) is 32.8 Å². The number of aryl methyl sites for hydroxylation is 2. The molecular weight excluding hydrogens is 547 g/mol. The molecule has 2 aromatic rings. The molecule has 0 bridgehead atoms. The van der Waals surface area contributed by atoms with Crippen molar-refractivity contribution in [3.05, 3.63) is 59.2 Å². The molecule has 0 saturated carbocycles. The number of rotatable bonds is 8. The minimum atomic E-state index is -4.74. The molecule has 3 amide bonds. The summed E-state index contributed by atoms with van der Waals surface area (Å²) in [6, 6.07) is 10.1. The number of hydrogen-bond donors (Lipinski definition) is 2. The monoisotopic (exact) mass is 583 g/mol. The summed E-state index contributed by atoms with van der Waals surface area (Å²) in [6.07, 6.45) is -5.40. The molecule has 0 radical (unpaired) electrons. The van der Waals surface area contributed by atoms with Crippen molar-refractivity contribution in [2.75, 3.05) is 24.2 Å². The zero-order valence-corrected chi connectivity index (χ0v) is 24.4. The van der Waals surface area contributed by atoms with Crippen molar-refractivity contribution in [1.29, 1.82) is 5.26 Å². The minimum absolute atomic E-state index is 0.0666. The molecule has 2 aliphatic heterocycles. The van der Waals surface area contributed by atoms with Crippen LogP contribution < -0.4 is 10.6 Å². The van der Waals surface area contributed by atoms with E-state index in [1.165, 1.54) is 11.9 Å². The van der Waals surface area contributed by atoms with Crippen molar-refractivity contribution in [2.45, 2.75) is 76.7 Å². The lowest BCUT2D eigenvalue weighted by Crippen LogP contribution is -2.53. The van der Waals surface area contributed by atoms with Gasteiger partial charge in [-0.2, -0.15) is 18.4 Å². The summed E-state index contributed by atoms with van der Waals surface area (Å²) in [5.74, 6) is -1.82. The average Bonchev–Trinajstić information content (AvgIpc) is 3.45. The van der Waals surface area contributed by atoms with Crippen molar-refractivity contribution in [3.8, 4) is 6.07 Å². The topological polar surface area (TPSA) is 106 Å². The Morgan fingerprint density at radius 3 is 2.40 bits per heavy atom. The van der Waals surface area contributed by atoms with E-state index in [1.54, 1.807) is 56.3 Å². The van der Waals surface area contributed by atoms with Crippen LogP contribution in [0.2, 0.25) is 0 Å². The van der Waals surface area contributed by atoms with Gasteiger partial charge in [0.2, 0.25) is 17.7 Å². The first-order chi connectivity index (χ1) is 19.7. The van der Waals surface area contributed by atoms with Crippen LogP contribution in [0.1, 0.15) is 49.8 Å². The fraction of sp³-hybridized carbons (Fsp3) is 0.484. The maximum Gasteiger partial charge on any atom is 0.409 e. The van der Waals surface area contributed by atoms with E-state index in [0.29, 0.717) is 28.1 Å². The summed E-state index contributed by atoms with van der Waals surface area (Å²) in [7, 11) is 1.32. The summed E-state index contributed by atoms with van der Waals surface area (Å²) in [5.41, 5.74) is 1.73. The lowest BCUT2D eigenvalue weighted by molar-refractivity contribution is -0.157. The van der Waals surface area contributed by atoms with Crippen molar-refractivity contribution < 1.29 is 27.6 Å². The number of anilines is 2. The predicted octanol–water partition coefficient (Wildman–Crippen LogP) is 4.92. The van der Waals surface area contributed by atoms with Gasteiger partial charge in [-0.25, -0.2) is 0 Å². The lowest BCUT2D eigenvalue weighted by Gasteiger charge is -2.34. The molecule has 1 saturated heterocycles. The van der Waals surface area contributed by atoms with Gasteiger partial charge in [-0.3, -0.25) is 14.4 Å². The Labute approximate surface area is 243 Å². The normalized spacial score (nSPS) is 21.1. The molecule has 1 fully saturated rings. The maximum absolute atomic E-state index is 14.2. The number of para-hydroxylation sites is 2. The Morgan fingerprint density at radius 2 is 1.81 bits per heavy atom. The number of fused-ring (bicyclic) bond motifs is 2.